The predicted molar refractivity (Wildman–Crippen MR) is 182 cm³/mol. The second-order valence-electron chi connectivity index (χ2n) is 11.1. The molecular weight excluding hydrogens is 658 g/mol. The molecule has 3 aromatic rings. The third kappa shape index (κ3) is 11.6. The fourth-order valence-electron chi connectivity index (χ4n) is 4.81. The first kappa shape index (κ1) is 36.8. The summed E-state index contributed by atoms with van der Waals surface area (Å²) in [5, 5.41) is 8.13. The van der Waals surface area contributed by atoms with Crippen LogP contribution in [0.2, 0.25) is 20.1 Å². The number of benzene rings is 3. The normalized spacial score (nSPS) is 12.5. The number of nitrogens with one attached hydrogen (secondary N) is 2. The summed E-state index contributed by atoms with van der Waals surface area (Å²) in [7, 11) is 1.40. The van der Waals surface area contributed by atoms with Crippen molar-refractivity contribution in [3.8, 4) is 11.5 Å². The quantitative estimate of drug-likeness (QED) is 0.110. The molecule has 0 radical (unpaired) electrons. The highest BCUT2D eigenvalue weighted by atomic mass is 35.5. The minimum atomic E-state index is -0.386. The Hall–Kier alpha value is -2.68. The molecule has 45 heavy (non-hydrogen) atoms. The zero-order valence-electron chi connectivity index (χ0n) is 25.9. The Kier molecular flexibility index (Phi) is 15.1. The lowest BCUT2D eigenvalue weighted by Gasteiger charge is -2.21. The van der Waals surface area contributed by atoms with Crippen LogP contribution in [0.25, 0.3) is 0 Å². The number of aryl methyl sites for hydroxylation is 1. The van der Waals surface area contributed by atoms with Gasteiger partial charge in [-0.05, 0) is 79.3 Å². The van der Waals surface area contributed by atoms with E-state index in [-0.39, 0.29) is 42.8 Å². The van der Waals surface area contributed by atoms with Gasteiger partial charge in [0.05, 0.1) is 39.0 Å². The number of hydrogen-bond acceptors (Lipinski definition) is 6. The number of hydrogen-bond donors (Lipinski definition) is 2. The van der Waals surface area contributed by atoms with Crippen LogP contribution in [0.5, 0.6) is 11.5 Å². The van der Waals surface area contributed by atoms with Crippen LogP contribution >= 0.6 is 46.4 Å². The van der Waals surface area contributed by atoms with Crippen molar-refractivity contribution in [2.75, 3.05) is 33.4 Å². The highest BCUT2D eigenvalue weighted by Gasteiger charge is 2.24. The van der Waals surface area contributed by atoms with Crippen molar-refractivity contribution in [1.29, 1.82) is 0 Å². The van der Waals surface area contributed by atoms with Crippen molar-refractivity contribution in [1.82, 2.24) is 10.6 Å². The molecule has 0 saturated heterocycles. The molecule has 0 heterocycles. The second-order valence-corrected chi connectivity index (χ2v) is 12.7. The Morgan fingerprint density at radius 2 is 1.56 bits per heavy atom. The van der Waals surface area contributed by atoms with Gasteiger partial charge in [-0.15, -0.1) is 0 Å². The molecule has 244 valence electrons. The summed E-state index contributed by atoms with van der Waals surface area (Å²) in [6.45, 7) is 7.69. The summed E-state index contributed by atoms with van der Waals surface area (Å²) in [6, 6.07) is 16.5. The van der Waals surface area contributed by atoms with E-state index in [0.29, 0.717) is 64.1 Å². The van der Waals surface area contributed by atoms with Gasteiger partial charge in [-0.25, -0.2) is 0 Å². The third-order valence-electron chi connectivity index (χ3n) is 7.33. The molecule has 1 unspecified atom stereocenters. The van der Waals surface area contributed by atoms with Gasteiger partial charge in [-0.2, -0.15) is 0 Å². The van der Waals surface area contributed by atoms with Crippen molar-refractivity contribution < 1.29 is 23.8 Å². The van der Waals surface area contributed by atoms with Gasteiger partial charge in [0.25, 0.3) is 0 Å². The maximum Gasteiger partial charge on any atom is 0.308 e. The van der Waals surface area contributed by atoms with E-state index in [1.165, 1.54) is 7.11 Å². The summed E-state index contributed by atoms with van der Waals surface area (Å²) in [5.41, 5.74) is 2.65. The van der Waals surface area contributed by atoms with Crippen molar-refractivity contribution in [3.05, 3.63) is 91.4 Å². The van der Waals surface area contributed by atoms with E-state index in [1.54, 1.807) is 24.3 Å². The zero-order valence-corrected chi connectivity index (χ0v) is 29.0. The van der Waals surface area contributed by atoms with Gasteiger partial charge in [0.1, 0.15) is 19.0 Å². The average molecular weight is 699 g/mol. The molecule has 7 nitrogen and oxygen atoms in total. The van der Waals surface area contributed by atoms with E-state index in [4.69, 9.17) is 60.6 Å². The number of methoxy groups -OCH3 is 1. The summed E-state index contributed by atoms with van der Waals surface area (Å²) in [5.74, 6) is 0.288. The van der Waals surface area contributed by atoms with Crippen LogP contribution in [-0.4, -0.2) is 45.3 Å². The Balaban J connectivity index is 1.59. The van der Waals surface area contributed by atoms with Crippen LogP contribution in [0.3, 0.4) is 0 Å². The zero-order chi connectivity index (χ0) is 32.9. The molecule has 2 N–H and O–H groups in total. The second kappa shape index (κ2) is 18.5. The van der Waals surface area contributed by atoms with Crippen molar-refractivity contribution >= 4 is 58.3 Å². The monoisotopic (exact) mass is 696 g/mol. The van der Waals surface area contributed by atoms with E-state index in [0.717, 1.165) is 16.7 Å². The first-order chi connectivity index (χ1) is 21.5. The summed E-state index contributed by atoms with van der Waals surface area (Å²) in [4.78, 5) is 25.5. The predicted octanol–water partition coefficient (Wildman–Crippen LogP) is 7.97. The van der Waals surface area contributed by atoms with Gasteiger partial charge in [0.15, 0.2) is 5.75 Å². The van der Waals surface area contributed by atoms with E-state index in [1.807, 2.05) is 51.1 Å². The molecule has 0 spiro atoms. The molecule has 0 saturated carbocycles. The Labute approximate surface area is 285 Å². The SMILES string of the molecule is COC(=O)[C@H](CCNCC(Cc1ccc(OCCOc2c(Cl)cc(C)cc2Cl)cc1)C(=O)NCc1cccc(Cl)c1Cl)C(C)C. The molecule has 0 fully saturated rings. The van der Waals surface area contributed by atoms with Crippen LogP contribution in [0.4, 0.5) is 0 Å². The smallest absolute Gasteiger partial charge is 0.308 e. The highest BCUT2D eigenvalue weighted by Crippen LogP contribution is 2.34. The molecule has 2 atom stereocenters. The molecule has 3 aromatic carbocycles. The molecule has 0 aliphatic heterocycles. The summed E-state index contributed by atoms with van der Waals surface area (Å²) < 4.78 is 16.5. The molecule has 1 amide bonds. The third-order valence-corrected chi connectivity index (χ3v) is 8.75. The van der Waals surface area contributed by atoms with E-state index in [2.05, 4.69) is 10.6 Å². The molecule has 3 rings (SSSR count). The fraction of sp³-hybridized carbons (Fsp3) is 0.412. The Morgan fingerprint density at radius 3 is 2.20 bits per heavy atom. The maximum atomic E-state index is 13.4. The van der Waals surface area contributed by atoms with E-state index in [9.17, 15) is 9.59 Å². The van der Waals surface area contributed by atoms with Crippen LogP contribution in [0, 0.1) is 24.7 Å². The van der Waals surface area contributed by atoms with Crippen molar-refractivity contribution in [2.45, 2.75) is 40.2 Å². The molecule has 0 aliphatic rings. The first-order valence-electron chi connectivity index (χ1n) is 14.8. The lowest BCUT2D eigenvalue weighted by atomic mass is 9.92. The van der Waals surface area contributed by atoms with Gasteiger partial charge in [0.2, 0.25) is 5.91 Å². The van der Waals surface area contributed by atoms with Gasteiger partial charge >= 0.3 is 5.97 Å². The molecule has 0 bridgehead atoms. The number of rotatable bonds is 17. The number of esters is 1. The highest BCUT2D eigenvalue weighted by molar-refractivity contribution is 6.42. The van der Waals surface area contributed by atoms with Gasteiger partial charge in [-0.3, -0.25) is 9.59 Å². The topological polar surface area (TPSA) is 85.9 Å². The van der Waals surface area contributed by atoms with Gasteiger partial charge < -0.3 is 24.8 Å². The standard InChI is InChI=1S/C34H40Cl4N2O5/c1-21(2)27(34(42)43-4)12-13-39-19-25(33(41)40-20-24-6-5-7-28(35)31(24)38)18-23-8-10-26(11-9-23)44-14-15-45-32-29(36)16-22(3)17-30(32)37/h5-11,16-17,21,25,27,39H,12-15,18-20H2,1-4H3,(H,40,41)/t25?,27-/m1/s1. The summed E-state index contributed by atoms with van der Waals surface area (Å²) >= 11 is 25.0. The average Bonchev–Trinajstić information content (AvgIpc) is 3.00. The van der Waals surface area contributed by atoms with Crippen LogP contribution in [-0.2, 0) is 27.3 Å². The van der Waals surface area contributed by atoms with E-state index >= 15 is 0 Å². The summed E-state index contributed by atoms with van der Waals surface area (Å²) in [6.07, 6.45) is 1.09. The Bertz CT molecular complexity index is 1400. The van der Waals surface area contributed by atoms with Crippen LogP contribution < -0.4 is 20.1 Å². The minimum Gasteiger partial charge on any atom is -0.490 e. The minimum absolute atomic E-state index is 0.127. The lowest BCUT2D eigenvalue weighted by Crippen LogP contribution is -2.39. The maximum absolute atomic E-state index is 13.4. The number of amides is 1. The van der Waals surface area contributed by atoms with Gasteiger partial charge in [0, 0.05) is 13.1 Å². The van der Waals surface area contributed by atoms with Crippen LogP contribution in [0.1, 0.15) is 37.0 Å². The van der Waals surface area contributed by atoms with Crippen molar-refractivity contribution in [3.63, 3.8) is 0 Å². The number of carbonyl (C=O) groups is 2. The molecule has 11 heteroatoms. The van der Waals surface area contributed by atoms with Gasteiger partial charge in [-0.1, -0.05) is 84.5 Å². The van der Waals surface area contributed by atoms with E-state index < -0.39 is 0 Å². The first-order valence-corrected chi connectivity index (χ1v) is 16.3. The largest absolute Gasteiger partial charge is 0.490 e. The van der Waals surface area contributed by atoms with Crippen LogP contribution in [0.15, 0.2) is 54.6 Å². The van der Waals surface area contributed by atoms with Crippen molar-refractivity contribution in [2.24, 2.45) is 17.8 Å². The Morgan fingerprint density at radius 1 is 0.889 bits per heavy atom. The molecule has 0 aliphatic carbocycles. The number of carbonyl (C=O) groups excluding carboxylic acids is 2. The fourth-order valence-corrected chi connectivity index (χ4v) is 5.90. The lowest BCUT2D eigenvalue weighted by molar-refractivity contribution is -0.147. The molecular formula is C34H40Cl4N2O5. The molecule has 0 aromatic heterocycles. The number of ether oxygens (including phenoxy) is 3. The number of halogens is 4.